The van der Waals surface area contributed by atoms with Gasteiger partial charge in [-0.3, -0.25) is 0 Å². The van der Waals surface area contributed by atoms with Crippen LogP contribution in [-0.2, 0) is 28.5 Å². The predicted molar refractivity (Wildman–Crippen MR) is 71.7 cm³/mol. The van der Waals surface area contributed by atoms with Gasteiger partial charge in [-0.2, -0.15) is 38.9 Å². The van der Waals surface area contributed by atoms with E-state index in [0.29, 0.717) is 0 Å². The first-order chi connectivity index (χ1) is 9.50. The largest absolute Gasteiger partial charge is 0.461 e. The number of esters is 1. The Hall–Kier alpha value is 0.310. The molecule has 0 radical (unpaired) electrons. The van der Waals surface area contributed by atoms with Crippen molar-refractivity contribution in [3.8, 4) is 0 Å². The van der Waals surface area contributed by atoms with Crippen LogP contribution in [0.2, 0.25) is 0 Å². The maximum absolute atomic E-state index is 12.0. The zero-order valence-corrected chi connectivity index (χ0v) is 15.1. The highest BCUT2D eigenvalue weighted by Gasteiger charge is 2.59. The summed E-state index contributed by atoms with van der Waals surface area (Å²) in [5, 5.41) is 0. The first-order valence-electron chi connectivity index (χ1n) is 4.44. The van der Waals surface area contributed by atoms with Crippen molar-refractivity contribution in [2.45, 2.75) is 20.9 Å². The van der Waals surface area contributed by atoms with Crippen LogP contribution >= 0.6 is 45.2 Å². The Bertz CT molecular complexity index is 459. The number of alkyl halides is 8. The Kier molecular flexibility index (Phi) is 10.0. The van der Waals surface area contributed by atoms with E-state index < -0.39 is 30.3 Å². The number of carbonyl (C=O) groups is 1. The van der Waals surface area contributed by atoms with E-state index in [2.05, 4.69) is 8.92 Å². The third kappa shape index (κ3) is 10.2. The zero-order valence-electron chi connectivity index (χ0n) is 9.97. The van der Waals surface area contributed by atoms with Crippen LogP contribution in [0.3, 0.4) is 0 Å². The average molecular weight is 592 g/mol. The Morgan fingerprint density at radius 2 is 1.50 bits per heavy atom. The summed E-state index contributed by atoms with van der Waals surface area (Å²) in [7, 11) is -5.76. The normalized spacial score (nSPS) is 13.2. The molecule has 0 aromatic heterocycles. The lowest BCUT2D eigenvalue weighted by molar-refractivity contribution is -0.266. The molecule has 0 unspecified atom stereocenters. The lowest BCUT2D eigenvalue weighted by Crippen LogP contribution is -2.39. The van der Waals surface area contributed by atoms with Gasteiger partial charge in [-0.05, 0) is 15.8 Å². The van der Waals surface area contributed by atoms with Crippen molar-refractivity contribution in [2.75, 3.05) is 6.61 Å². The van der Waals surface area contributed by atoms with Gasteiger partial charge in [-0.25, -0.2) is 4.79 Å². The fraction of sp³-hybridized carbons (Fsp3) is 0.833. The number of hydrogen-bond acceptors (Lipinski definition) is 6. The number of carbonyl (C=O) groups excluding carboxylic acids is 1. The van der Waals surface area contributed by atoms with Crippen LogP contribution in [0.1, 0.15) is 6.92 Å². The van der Waals surface area contributed by atoms with E-state index in [1.807, 2.05) is 4.39 Å². The van der Waals surface area contributed by atoms with Crippen LogP contribution in [0.4, 0.5) is 30.9 Å². The molecule has 0 saturated heterocycles. The maximum atomic E-state index is 12.0. The first-order valence-corrected chi connectivity index (χ1v) is 7.93. The molecule has 6 nitrogen and oxygen atoms in total. The molecule has 0 aromatic rings. The fourth-order valence-corrected chi connectivity index (χ4v) is 1.20. The van der Waals surface area contributed by atoms with Gasteiger partial charge < -0.3 is 4.74 Å². The highest BCUT2D eigenvalue weighted by atomic mass is 127. The molecule has 134 valence electrons. The van der Waals surface area contributed by atoms with E-state index in [9.17, 15) is 44.1 Å². The zero-order chi connectivity index (χ0) is 18.4. The summed E-state index contributed by atoms with van der Waals surface area (Å²) in [5.74, 6) is -1.48. The fourth-order valence-electron chi connectivity index (χ4n) is 0.401. The van der Waals surface area contributed by atoms with E-state index in [1.54, 1.807) is 0 Å². The molecule has 0 aliphatic heterocycles. The van der Waals surface area contributed by atoms with Crippen molar-refractivity contribution >= 4 is 61.6 Å². The molecule has 0 atom stereocenters. The highest BCUT2D eigenvalue weighted by Crippen LogP contribution is 2.41. The predicted octanol–water partition coefficient (Wildman–Crippen LogP) is 3.35. The molecule has 0 rings (SSSR count). The molecule has 0 N–H and O–H groups in total. The van der Waals surface area contributed by atoms with Crippen molar-refractivity contribution < 1.29 is 57.4 Å². The van der Waals surface area contributed by atoms with Crippen molar-refractivity contribution in [1.29, 1.82) is 0 Å². The average Bonchev–Trinajstić information content (AvgIpc) is 2.26. The summed E-state index contributed by atoms with van der Waals surface area (Å²) in [5.41, 5.74) is 0. The van der Waals surface area contributed by atoms with Gasteiger partial charge in [-0.15, -0.1) is 0 Å². The Balaban J connectivity index is 0. The SMILES string of the molecule is CCOC(=O)C(F)(F)I.O=S(=O)(OF)OC(F)(F)C(F)(F)I. The van der Waals surface area contributed by atoms with Crippen molar-refractivity contribution in [3.63, 3.8) is 0 Å². The summed E-state index contributed by atoms with van der Waals surface area (Å²) >= 11 is 0.643. The molecule has 22 heavy (non-hydrogen) atoms. The van der Waals surface area contributed by atoms with Gasteiger partial charge in [0.15, 0.2) is 0 Å². The Labute approximate surface area is 146 Å². The van der Waals surface area contributed by atoms with Gasteiger partial charge in [0.25, 0.3) is 0 Å². The van der Waals surface area contributed by atoms with E-state index in [-0.39, 0.29) is 29.2 Å². The van der Waals surface area contributed by atoms with Crippen LogP contribution < -0.4 is 0 Å². The number of ether oxygens (including phenoxy) is 1. The monoisotopic (exact) mass is 592 g/mol. The molecule has 0 spiro atoms. The molecule has 16 heteroatoms. The van der Waals surface area contributed by atoms with Gasteiger partial charge in [0.2, 0.25) is 0 Å². The van der Waals surface area contributed by atoms with Crippen LogP contribution in [0.25, 0.3) is 0 Å². The summed E-state index contributed by atoms with van der Waals surface area (Å²) in [4.78, 5) is 10.1. The molecule has 0 fully saturated rings. The lowest BCUT2D eigenvalue weighted by Gasteiger charge is -2.18. The maximum Gasteiger partial charge on any atom is 0.444 e. The smallest absolute Gasteiger partial charge is 0.444 e. The molecule has 0 aliphatic carbocycles. The molecular formula is C6H5F7I2O6S. The Morgan fingerprint density at radius 1 is 1.09 bits per heavy atom. The summed E-state index contributed by atoms with van der Waals surface area (Å²) in [6.45, 7) is 1.46. The summed E-state index contributed by atoms with van der Waals surface area (Å²) in [6.07, 6.45) is -5.38. The minimum absolute atomic E-state index is 0.0164. The third-order valence-electron chi connectivity index (χ3n) is 1.12. The molecule has 0 aliphatic rings. The molecule has 0 heterocycles. The van der Waals surface area contributed by atoms with Crippen molar-refractivity contribution in [3.05, 3.63) is 0 Å². The molecule has 0 saturated carbocycles. The van der Waals surface area contributed by atoms with E-state index >= 15 is 0 Å². The van der Waals surface area contributed by atoms with Crippen molar-refractivity contribution in [2.24, 2.45) is 0 Å². The number of halogens is 9. The third-order valence-corrected chi connectivity index (χ3v) is 2.76. The van der Waals surface area contributed by atoms with Gasteiger partial charge in [0.05, 0.1) is 6.61 Å². The minimum atomic E-state index is -5.76. The van der Waals surface area contributed by atoms with Crippen LogP contribution in [0.15, 0.2) is 0 Å². The molecule has 0 bridgehead atoms. The second-order valence-corrected chi connectivity index (χ2v) is 6.61. The molecule has 0 amide bonds. The standard InChI is InChI=1S/C4H5F2IO2.C2F5IO4S/c1-2-9-3(8)4(5,6)7;3-1(4,8)2(5,6)11-13(9,10)12-7/h2H2,1H3;. The van der Waals surface area contributed by atoms with E-state index in [4.69, 9.17) is 0 Å². The number of hydrogen-bond donors (Lipinski definition) is 0. The second kappa shape index (κ2) is 8.97. The minimum Gasteiger partial charge on any atom is -0.461 e. The van der Waals surface area contributed by atoms with Crippen molar-refractivity contribution in [1.82, 2.24) is 0 Å². The van der Waals surface area contributed by atoms with Gasteiger partial charge in [0.1, 0.15) is 0 Å². The second-order valence-electron chi connectivity index (χ2n) is 2.79. The summed E-state index contributed by atoms with van der Waals surface area (Å²) in [6, 6.07) is 0. The molecular weight excluding hydrogens is 587 g/mol. The van der Waals surface area contributed by atoms with Gasteiger partial charge in [-0.1, -0.05) is 0 Å². The van der Waals surface area contributed by atoms with Crippen LogP contribution in [-0.4, -0.2) is 35.0 Å². The Morgan fingerprint density at radius 3 is 1.68 bits per heavy atom. The summed E-state index contributed by atoms with van der Waals surface area (Å²) < 4.78 is 102. The first kappa shape index (κ1) is 24.6. The highest BCUT2D eigenvalue weighted by molar-refractivity contribution is 14.1. The lowest BCUT2D eigenvalue weighted by atomic mass is 10.7. The number of rotatable bonds is 6. The quantitative estimate of drug-likeness (QED) is 0.204. The van der Waals surface area contributed by atoms with Crippen LogP contribution in [0, 0.1) is 0 Å². The van der Waals surface area contributed by atoms with Gasteiger partial charge >= 0.3 is 30.3 Å². The topological polar surface area (TPSA) is 78.9 Å². The van der Waals surface area contributed by atoms with E-state index in [1.165, 1.54) is 6.92 Å². The van der Waals surface area contributed by atoms with E-state index in [0.717, 1.165) is 22.6 Å². The van der Waals surface area contributed by atoms with Gasteiger partial charge in [0, 0.05) is 45.2 Å². The molecule has 0 aromatic carbocycles. The van der Waals surface area contributed by atoms with Crippen LogP contribution in [0.5, 0.6) is 0 Å².